The average molecular weight is 250 g/mol. The number of nitro groups is 1. The number of amides is 1. The van der Waals surface area contributed by atoms with Crippen molar-refractivity contribution in [3.63, 3.8) is 0 Å². The summed E-state index contributed by atoms with van der Waals surface area (Å²) >= 11 is 0. The van der Waals surface area contributed by atoms with Crippen LogP contribution in [0.25, 0.3) is 0 Å². The Hall–Kier alpha value is -1.91. The van der Waals surface area contributed by atoms with E-state index < -0.39 is 10.3 Å². The highest BCUT2D eigenvalue weighted by Crippen LogP contribution is 2.27. The first-order valence-electron chi connectivity index (χ1n) is 5.70. The summed E-state index contributed by atoms with van der Waals surface area (Å²) in [4.78, 5) is 22.2. The van der Waals surface area contributed by atoms with Gasteiger partial charge in [0.05, 0.1) is 4.92 Å². The molecule has 5 heteroatoms. The van der Waals surface area contributed by atoms with Gasteiger partial charge in [-0.1, -0.05) is 20.8 Å². The van der Waals surface area contributed by atoms with Crippen LogP contribution < -0.4 is 5.32 Å². The van der Waals surface area contributed by atoms with Gasteiger partial charge in [0.15, 0.2) is 0 Å². The van der Waals surface area contributed by atoms with E-state index in [9.17, 15) is 14.9 Å². The second-order valence-corrected chi connectivity index (χ2v) is 5.41. The minimum Gasteiger partial charge on any atom is -0.325 e. The Kier molecular flexibility index (Phi) is 3.74. The third-order valence-electron chi connectivity index (χ3n) is 2.67. The Balaban J connectivity index is 3.10. The van der Waals surface area contributed by atoms with Crippen LogP contribution in [0, 0.1) is 29.4 Å². The highest BCUT2D eigenvalue weighted by Gasteiger charge is 2.22. The molecule has 1 aromatic carbocycles. The molecule has 1 amide bonds. The van der Waals surface area contributed by atoms with Gasteiger partial charge in [0.25, 0.3) is 5.69 Å². The molecule has 1 aromatic rings. The standard InChI is InChI=1S/C13H18N2O3/c1-8-7-11(15(17)18)9(2)6-10(8)14-12(16)13(3,4)5/h6-7H,1-5H3,(H,14,16). The van der Waals surface area contributed by atoms with Crippen LogP contribution in [0.5, 0.6) is 0 Å². The minimum absolute atomic E-state index is 0.0706. The van der Waals surface area contributed by atoms with E-state index in [2.05, 4.69) is 5.32 Å². The zero-order valence-corrected chi connectivity index (χ0v) is 11.3. The van der Waals surface area contributed by atoms with Crippen molar-refractivity contribution in [2.24, 2.45) is 5.41 Å². The van der Waals surface area contributed by atoms with Crippen LogP contribution in [-0.4, -0.2) is 10.8 Å². The van der Waals surface area contributed by atoms with Crippen LogP contribution in [0.3, 0.4) is 0 Å². The molecule has 0 saturated carbocycles. The Morgan fingerprint density at radius 2 is 1.78 bits per heavy atom. The number of nitrogens with zero attached hydrogens (tertiary/aromatic N) is 1. The topological polar surface area (TPSA) is 72.2 Å². The molecule has 1 N–H and O–H groups in total. The highest BCUT2D eigenvalue weighted by atomic mass is 16.6. The lowest BCUT2D eigenvalue weighted by Crippen LogP contribution is -2.28. The summed E-state index contributed by atoms with van der Waals surface area (Å²) < 4.78 is 0. The lowest BCUT2D eigenvalue weighted by molar-refractivity contribution is -0.385. The molecule has 98 valence electrons. The van der Waals surface area contributed by atoms with Crippen molar-refractivity contribution >= 4 is 17.3 Å². The minimum atomic E-state index is -0.498. The number of carbonyl (C=O) groups excluding carboxylic acids is 1. The van der Waals surface area contributed by atoms with E-state index >= 15 is 0 Å². The maximum absolute atomic E-state index is 11.9. The molecular formula is C13H18N2O3. The molecule has 0 bridgehead atoms. The quantitative estimate of drug-likeness (QED) is 0.647. The van der Waals surface area contributed by atoms with Gasteiger partial charge in [-0.25, -0.2) is 0 Å². The molecule has 0 aliphatic carbocycles. The number of hydrogen-bond acceptors (Lipinski definition) is 3. The molecule has 0 atom stereocenters. The Bertz CT molecular complexity index is 502. The van der Waals surface area contributed by atoms with Crippen molar-refractivity contribution in [2.75, 3.05) is 5.32 Å². The second-order valence-electron chi connectivity index (χ2n) is 5.41. The van der Waals surface area contributed by atoms with E-state index in [1.807, 2.05) is 20.8 Å². The Labute approximate surface area is 106 Å². The predicted octanol–water partition coefficient (Wildman–Crippen LogP) is 3.20. The summed E-state index contributed by atoms with van der Waals surface area (Å²) in [6, 6.07) is 3.12. The fraction of sp³-hybridized carbons (Fsp3) is 0.462. The number of rotatable bonds is 2. The molecule has 0 spiro atoms. The number of benzene rings is 1. The van der Waals surface area contributed by atoms with E-state index in [-0.39, 0.29) is 11.6 Å². The number of hydrogen-bond donors (Lipinski definition) is 1. The highest BCUT2D eigenvalue weighted by molar-refractivity contribution is 5.95. The van der Waals surface area contributed by atoms with Crippen LogP contribution in [0.15, 0.2) is 12.1 Å². The lowest BCUT2D eigenvalue weighted by atomic mass is 9.95. The summed E-state index contributed by atoms with van der Waals surface area (Å²) in [7, 11) is 0. The summed E-state index contributed by atoms with van der Waals surface area (Å²) in [5, 5.41) is 13.6. The largest absolute Gasteiger partial charge is 0.325 e. The van der Waals surface area contributed by atoms with Gasteiger partial charge in [-0.15, -0.1) is 0 Å². The van der Waals surface area contributed by atoms with Crippen LogP contribution in [0.2, 0.25) is 0 Å². The number of aryl methyl sites for hydroxylation is 2. The third-order valence-corrected chi connectivity index (χ3v) is 2.67. The monoisotopic (exact) mass is 250 g/mol. The van der Waals surface area contributed by atoms with Gasteiger partial charge in [-0.3, -0.25) is 14.9 Å². The van der Waals surface area contributed by atoms with Gasteiger partial charge in [-0.2, -0.15) is 0 Å². The first-order valence-corrected chi connectivity index (χ1v) is 5.70. The van der Waals surface area contributed by atoms with Gasteiger partial charge in [0, 0.05) is 22.7 Å². The molecule has 0 fully saturated rings. The number of anilines is 1. The van der Waals surface area contributed by atoms with Crippen molar-refractivity contribution in [1.29, 1.82) is 0 Å². The van der Waals surface area contributed by atoms with Crippen LogP contribution in [0.1, 0.15) is 31.9 Å². The Morgan fingerprint density at radius 3 is 2.22 bits per heavy atom. The van der Waals surface area contributed by atoms with Gasteiger partial charge < -0.3 is 5.32 Å². The third kappa shape index (κ3) is 3.06. The van der Waals surface area contributed by atoms with Gasteiger partial charge >= 0.3 is 0 Å². The van der Waals surface area contributed by atoms with E-state index in [1.54, 1.807) is 19.9 Å². The fourth-order valence-electron chi connectivity index (χ4n) is 1.44. The molecule has 0 aliphatic heterocycles. The molecule has 1 rings (SSSR count). The number of nitro benzene ring substituents is 1. The first kappa shape index (κ1) is 14.2. The molecule has 0 saturated heterocycles. The zero-order chi connectivity index (χ0) is 14.1. The first-order chi connectivity index (χ1) is 8.12. The van der Waals surface area contributed by atoms with E-state index in [0.717, 1.165) is 0 Å². The number of carbonyl (C=O) groups is 1. The predicted molar refractivity (Wildman–Crippen MR) is 70.7 cm³/mol. The Morgan fingerprint density at radius 1 is 1.22 bits per heavy atom. The van der Waals surface area contributed by atoms with E-state index in [4.69, 9.17) is 0 Å². The van der Waals surface area contributed by atoms with E-state index in [0.29, 0.717) is 16.8 Å². The molecule has 18 heavy (non-hydrogen) atoms. The maximum atomic E-state index is 11.9. The van der Waals surface area contributed by atoms with Crippen molar-refractivity contribution in [3.05, 3.63) is 33.4 Å². The van der Waals surface area contributed by atoms with Crippen LogP contribution >= 0.6 is 0 Å². The summed E-state index contributed by atoms with van der Waals surface area (Å²) in [5.41, 5.74) is 1.42. The van der Waals surface area contributed by atoms with Crippen LogP contribution in [0.4, 0.5) is 11.4 Å². The van der Waals surface area contributed by atoms with Crippen molar-refractivity contribution in [2.45, 2.75) is 34.6 Å². The normalized spacial score (nSPS) is 11.2. The molecule has 0 heterocycles. The molecule has 0 radical (unpaired) electrons. The zero-order valence-electron chi connectivity index (χ0n) is 11.3. The van der Waals surface area contributed by atoms with Crippen molar-refractivity contribution < 1.29 is 9.72 Å². The molecule has 0 aliphatic rings. The molecule has 5 nitrogen and oxygen atoms in total. The smallest absolute Gasteiger partial charge is 0.272 e. The van der Waals surface area contributed by atoms with Gasteiger partial charge in [0.1, 0.15) is 0 Å². The summed E-state index contributed by atoms with van der Waals surface area (Å²) in [5.74, 6) is -0.112. The SMILES string of the molecule is Cc1cc([N+](=O)[O-])c(C)cc1NC(=O)C(C)(C)C. The number of nitrogens with one attached hydrogen (secondary N) is 1. The maximum Gasteiger partial charge on any atom is 0.272 e. The van der Waals surface area contributed by atoms with Crippen LogP contribution in [-0.2, 0) is 4.79 Å². The fourth-order valence-corrected chi connectivity index (χ4v) is 1.44. The summed E-state index contributed by atoms with van der Waals surface area (Å²) in [6.45, 7) is 8.84. The average Bonchev–Trinajstić information content (AvgIpc) is 2.21. The molecular weight excluding hydrogens is 232 g/mol. The molecule has 0 aromatic heterocycles. The van der Waals surface area contributed by atoms with Gasteiger partial charge in [-0.05, 0) is 25.5 Å². The van der Waals surface area contributed by atoms with Crippen molar-refractivity contribution in [1.82, 2.24) is 0 Å². The summed E-state index contributed by atoms with van der Waals surface area (Å²) in [6.07, 6.45) is 0. The molecule has 0 unspecified atom stereocenters. The van der Waals surface area contributed by atoms with Gasteiger partial charge in [0.2, 0.25) is 5.91 Å². The lowest BCUT2D eigenvalue weighted by Gasteiger charge is -2.19. The van der Waals surface area contributed by atoms with E-state index in [1.165, 1.54) is 6.07 Å². The van der Waals surface area contributed by atoms with Crippen molar-refractivity contribution in [3.8, 4) is 0 Å². The second kappa shape index (κ2) is 4.76.